The summed E-state index contributed by atoms with van der Waals surface area (Å²) in [5, 5.41) is 14.6. The zero-order valence-corrected chi connectivity index (χ0v) is 22.6. The number of rotatable bonds is 6. The Morgan fingerprint density at radius 1 is 1.13 bits per heavy atom. The lowest BCUT2D eigenvalue weighted by Crippen LogP contribution is -2.41. The topological polar surface area (TPSA) is 127 Å². The molecule has 4 aromatic rings. The third-order valence-corrected chi connectivity index (χ3v) is 7.14. The first-order chi connectivity index (χ1) is 18.1. The monoisotopic (exact) mass is 631 g/mol. The van der Waals surface area contributed by atoms with Crippen molar-refractivity contribution >= 4 is 56.6 Å². The minimum atomic E-state index is -0.723. The van der Waals surface area contributed by atoms with Gasteiger partial charge in [0.2, 0.25) is 5.91 Å². The zero-order valence-electron chi connectivity index (χ0n) is 20.4. The molecular formula is C26H23FIN5O5. The van der Waals surface area contributed by atoms with E-state index in [0.29, 0.717) is 27.8 Å². The lowest BCUT2D eigenvalue weighted by molar-refractivity contribution is -0.118. The van der Waals surface area contributed by atoms with E-state index in [1.54, 1.807) is 24.3 Å². The molecule has 10 nitrogen and oxygen atoms in total. The van der Waals surface area contributed by atoms with Gasteiger partial charge in [-0.05, 0) is 78.8 Å². The number of carbonyl (C=O) groups excluding carboxylic acids is 1. The summed E-state index contributed by atoms with van der Waals surface area (Å²) >= 11 is 1.98. The molecule has 12 heteroatoms. The molecule has 5 rings (SSSR count). The van der Waals surface area contributed by atoms with Crippen LogP contribution in [0.5, 0.6) is 0 Å². The molecule has 1 aliphatic carbocycles. The van der Waals surface area contributed by atoms with Gasteiger partial charge >= 0.3 is 5.69 Å². The Morgan fingerprint density at radius 2 is 1.87 bits per heavy atom. The van der Waals surface area contributed by atoms with Crippen molar-refractivity contribution in [2.24, 2.45) is 7.05 Å². The summed E-state index contributed by atoms with van der Waals surface area (Å²) in [7, 11) is 1.48. The van der Waals surface area contributed by atoms with Crippen LogP contribution in [0.25, 0.3) is 16.6 Å². The fourth-order valence-electron chi connectivity index (χ4n) is 4.50. The van der Waals surface area contributed by atoms with Crippen molar-refractivity contribution in [1.82, 2.24) is 13.7 Å². The predicted molar refractivity (Wildman–Crippen MR) is 150 cm³/mol. The highest BCUT2D eigenvalue weighted by molar-refractivity contribution is 14.1. The highest BCUT2D eigenvalue weighted by Crippen LogP contribution is 2.34. The molecule has 196 valence electrons. The minimum Gasteiger partial charge on any atom is -0.387 e. The van der Waals surface area contributed by atoms with Gasteiger partial charge < -0.3 is 15.7 Å². The van der Waals surface area contributed by atoms with Gasteiger partial charge in [0, 0.05) is 27.9 Å². The van der Waals surface area contributed by atoms with Gasteiger partial charge in [-0.25, -0.2) is 9.18 Å². The Morgan fingerprint density at radius 3 is 2.53 bits per heavy atom. The highest BCUT2D eigenvalue weighted by atomic mass is 127. The summed E-state index contributed by atoms with van der Waals surface area (Å²) in [5.74, 6) is -1.16. The first kappa shape index (κ1) is 25.9. The molecule has 0 atom stereocenters. The Kier molecular flexibility index (Phi) is 6.69. The van der Waals surface area contributed by atoms with Crippen LogP contribution in [-0.4, -0.2) is 31.3 Å². The molecule has 1 amide bonds. The van der Waals surface area contributed by atoms with Crippen LogP contribution in [0.2, 0.25) is 0 Å². The fourth-order valence-corrected chi connectivity index (χ4v) is 4.95. The average Bonchev–Trinajstić information content (AvgIpc) is 3.72. The molecule has 0 bridgehead atoms. The number of hydrogen-bond acceptors (Lipinski definition) is 6. The van der Waals surface area contributed by atoms with Crippen molar-refractivity contribution in [1.29, 1.82) is 0 Å². The summed E-state index contributed by atoms with van der Waals surface area (Å²) in [6, 6.07) is 10.5. The van der Waals surface area contributed by atoms with Gasteiger partial charge in [-0.1, -0.05) is 6.07 Å². The molecule has 2 aromatic heterocycles. The second kappa shape index (κ2) is 9.83. The molecule has 3 N–H and O–H groups in total. The number of anilines is 3. The van der Waals surface area contributed by atoms with Crippen molar-refractivity contribution in [3.05, 3.63) is 88.6 Å². The Balaban J connectivity index is 1.88. The molecule has 0 radical (unpaired) electrons. The van der Waals surface area contributed by atoms with Gasteiger partial charge in [-0.2, -0.15) is 0 Å². The van der Waals surface area contributed by atoms with E-state index in [0.717, 1.165) is 0 Å². The SMILES string of the molecule is Cc1c(=O)n(C)c(Nc2ccc(I)cc2F)c2c(=O)n(C3CC3)c(=O)n(-c3cccc(NC(=O)CO)c3)c12. The molecule has 1 saturated carbocycles. The molecule has 1 aliphatic rings. The number of nitrogens with one attached hydrogen (secondary N) is 2. The molecule has 0 unspecified atom stereocenters. The normalized spacial score (nSPS) is 13.1. The van der Waals surface area contributed by atoms with Gasteiger partial charge in [0.1, 0.15) is 23.6 Å². The number of aliphatic hydroxyl groups excluding tert-OH is 1. The lowest BCUT2D eigenvalue weighted by atomic mass is 10.1. The number of aliphatic hydroxyl groups is 1. The van der Waals surface area contributed by atoms with Crippen LogP contribution in [-0.2, 0) is 11.8 Å². The molecular weight excluding hydrogens is 608 g/mol. The quantitative estimate of drug-likeness (QED) is 0.281. The van der Waals surface area contributed by atoms with Crippen molar-refractivity contribution < 1.29 is 14.3 Å². The summed E-state index contributed by atoms with van der Waals surface area (Å²) < 4.78 is 19.2. The smallest absolute Gasteiger partial charge is 0.336 e. The first-order valence-electron chi connectivity index (χ1n) is 11.8. The largest absolute Gasteiger partial charge is 0.387 e. The van der Waals surface area contributed by atoms with Gasteiger partial charge in [-0.3, -0.25) is 28.1 Å². The number of fused-ring (bicyclic) bond motifs is 1. The van der Waals surface area contributed by atoms with Crippen molar-refractivity contribution in [2.45, 2.75) is 25.8 Å². The predicted octanol–water partition coefficient (Wildman–Crippen LogP) is 2.91. The second-order valence-electron chi connectivity index (χ2n) is 9.09. The van der Waals surface area contributed by atoms with Crippen LogP contribution in [0.1, 0.15) is 24.4 Å². The van der Waals surface area contributed by atoms with E-state index in [1.807, 2.05) is 22.6 Å². The van der Waals surface area contributed by atoms with Crippen LogP contribution in [0.3, 0.4) is 0 Å². The van der Waals surface area contributed by atoms with E-state index < -0.39 is 35.1 Å². The molecule has 0 spiro atoms. The zero-order chi connectivity index (χ0) is 27.3. The first-order valence-corrected chi connectivity index (χ1v) is 12.8. The summed E-state index contributed by atoms with van der Waals surface area (Å²) in [4.78, 5) is 52.7. The number of benzene rings is 2. The highest BCUT2D eigenvalue weighted by Gasteiger charge is 2.31. The standard InChI is InChI=1S/C26H23FIN5O5/c1-13-22-21(23(31(2)24(13)36)30-19-9-6-14(28)10-18(19)27)25(37)33(16-7-8-16)26(38)32(22)17-5-3-4-15(11-17)29-20(35)12-34/h3-6,9-11,16,30,34H,7-8,12H2,1-2H3,(H,29,35). The van der Waals surface area contributed by atoms with Gasteiger partial charge in [0.25, 0.3) is 11.1 Å². The van der Waals surface area contributed by atoms with Crippen molar-refractivity contribution in [2.75, 3.05) is 17.2 Å². The van der Waals surface area contributed by atoms with Crippen molar-refractivity contribution in [3.63, 3.8) is 0 Å². The minimum absolute atomic E-state index is 0.0496. The molecule has 38 heavy (non-hydrogen) atoms. The molecule has 0 saturated heterocycles. The lowest BCUT2D eigenvalue weighted by Gasteiger charge is -2.21. The number of amides is 1. The Labute approximate surface area is 228 Å². The van der Waals surface area contributed by atoms with Crippen LogP contribution < -0.4 is 27.4 Å². The van der Waals surface area contributed by atoms with Gasteiger partial charge in [0.15, 0.2) is 0 Å². The summed E-state index contributed by atoms with van der Waals surface area (Å²) in [5.41, 5.74) is -0.780. The van der Waals surface area contributed by atoms with Crippen LogP contribution in [0, 0.1) is 16.3 Å². The Hall–Kier alpha value is -3.78. The Bertz CT molecular complexity index is 1810. The summed E-state index contributed by atoms with van der Waals surface area (Å²) in [6.45, 7) is 0.799. The van der Waals surface area contributed by atoms with E-state index in [4.69, 9.17) is 5.11 Å². The molecule has 2 aromatic carbocycles. The number of pyridine rings is 1. The van der Waals surface area contributed by atoms with Crippen LogP contribution in [0.4, 0.5) is 21.6 Å². The van der Waals surface area contributed by atoms with E-state index in [9.17, 15) is 23.6 Å². The fraction of sp³-hybridized carbons (Fsp3) is 0.231. The molecule has 1 fully saturated rings. The number of aryl methyl sites for hydroxylation is 1. The average molecular weight is 631 g/mol. The van der Waals surface area contributed by atoms with Crippen LogP contribution >= 0.6 is 22.6 Å². The maximum Gasteiger partial charge on any atom is 0.336 e. The third kappa shape index (κ3) is 4.43. The van der Waals surface area contributed by atoms with Crippen LogP contribution in [0.15, 0.2) is 56.8 Å². The maximum absolute atomic E-state index is 14.8. The second-order valence-corrected chi connectivity index (χ2v) is 10.3. The summed E-state index contributed by atoms with van der Waals surface area (Å²) in [6.07, 6.45) is 1.29. The van der Waals surface area contributed by atoms with Gasteiger partial charge in [-0.15, -0.1) is 0 Å². The number of aromatic nitrogens is 3. The maximum atomic E-state index is 14.8. The number of halogens is 2. The van der Waals surface area contributed by atoms with E-state index >= 15 is 0 Å². The van der Waals surface area contributed by atoms with Crippen molar-refractivity contribution in [3.8, 4) is 5.69 Å². The third-order valence-electron chi connectivity index (χ3n) is 6.47. The number of hydrogen-bond donors (Lipinski definition) is 3. The van der Waals surface area contributed by atoms with E-state index in [2.05, 4.69) is 10.6 Å². The number of nitrogens with zero attached hydrogens (tertiary/aromatic N) is 3. The molecule has 0 aliphatic heterocycles. The number of carbonyl (C=O) groups is 1. The van der Waals surface area contributed by atoms with Gasteiger partial charge in [0.05, 0.1) is 16.9 Å². The molecule has 2 heterocycles. The van der Waals surface area contributed by atoms with E-state index in [-0.39, 0.29) is 34.0 Å². The van der Waals surface area contributed by atoms with E-state index in [1.165, 1.54) is 45.9 Å².